The van der Waals surface area contributed by atoms with Crippen LogP contribution in [0.1, 0.15) is 18.9 Å². The van der Waals surface area contributed by atoms with Gasteiger partial charge in [0.25, 0.3) is 11.8 Å². The predicted molar refractivity (Wildman–Crippen MR) is 123 cm³/mol. The minimum Gasteiger partial charge on any atom is -0.494 e. The molecule has 0 saturated carbocycles. The van der Waals surface area contributed by atoms with E-state index in [1.54, 1.807) is 60.5 Å². The van der Waals surface area contributed by atoms with Crippen molar-refractivity contribution in [3.8, 4) is 5.75 Å². The zero-order valence-electron chi connectivity index (χ0n) is 18.2. The van der Waals surface area contributed by atoms with E-state index in [0.29, 0.717) is 28.5 Å². The summed E-state index contributed by atoms with van der Waals surface area (Å²) < 4.78 is 34.1. The Morgan fingerprint density at radius 3 is 2.27 bits per heavy atom. The molecule has 0 atom stereocenters. The third-order valence-electron chi connectivity index (χ3n) is 5.30. The number of likely N-dealkylation sites (N-methyl/N-ethyl adjacent to an activating group) is 1. The Morgan fingerprint density at radius 1 is 0.909 bits per heavy atom. The summed E-state index contributed by atoms with van der Waals surface area (Å²) in [7, 11) is 1.65. The molecular weight excluding hydrogens is 426 g/mol. The second kappa shape index (κ2) is 9.24. The first-order chi connectivity index (χ1) is 15.9. The summed E-state index contributed by atoms with van der Waals surface area (Å²) in [6.07, 6.45) is 0.847. The summed E-state index contributed by atoms with van der Waals surface area (Å²) in [5.74, 6) is -2.47. The van der Waals surface area contributed by atoms with Crippen molar-refractivity contribution in [1.29, 1.82) is 0 Å². The van der Waals surface area contributed by atoms with E-state index in [0.717, 1.165) is 24.6 Å². The first-order valence-corrected chi connectivity index (χ1v) is 10.5. The van der Waals surface area contributed by atoms with Crippen LogP contribution in [0, 0.1) is 11.6 Å². The Labute approximate surface area is 190 Å². The summed E-state index contributed by atoms with van der Waals surface area (Å²) >= 11 is 0. The summed E-state index contributed by atoms with van der Waals surface area (Å²) in [6.45, 7) is 2.54. The van der Waals surface area contributed by atoms with Crippen LogP contribution in [0.15, 0.2) is 78.5 Å². The normalized spacial score (nSPS) is 13.6. The smallest absolute Gasteiger partial charge is 0.282 e. The average molecular weight is 448 g/mol. The van der Waals surface area contributed by atoms with Crippen molar-refractivity contribution in [1.82, 2.24) is 0 Å². The largest absolute Gasteiger partial charge is 0.494 e. The van der Waals surface area contributed by atoms with Gasteiger partial charge < -0.3 is 9.64 Å². The molecule has 2 amide bonds. The van der Waals surface area contributed by atoms with Crippen molar-refractivity contribution in [3.63, 3.8) is 0 Å². The van der Waals surface area contributed by atoms with Crippen LogP contribution in [0.5, 0.6) is 5.75 Å². The number of amides is 2. The number of imide groups is 1. The molecule has 1 aliphatic heterocycles. The van der Waals surface area contributed by atoms with Crippen molar-refractivity contribution in [2.24, 2.45) is 0 Å². The number of ether oxygens (including phenoxy) is 1. The zero-order chi connectivity index (χ0) is 23.5. The SMILES string of the molecule is CCCOc1ccc(C2=C(N(C)c3ccccc3)C(=O)N(c3cc(F)ccc3F)C2=O)cc1. The van der Waals surface area contributed by atoms with Gasteiger partial charge in [0.1, 0.15) is 23.1 Å². The highest BCUT2D eigenvalue weighted by Gasteiger charge is 2.43. The lowest BCUT2D eigenvalue weighted by Crippen LogP contribution is -2.35. The molecule has 3 aromatic rings. The monoisotopic (exact) mass is 448 g/mol. The van der Waals surface area contributed by atoms with Crippen LogP contribution in [-0.4, -0.2) is 25.5 Å². The summed E-state index contributed by atoms with van der Waals surface area (Å²) in [5.41, 5.74) is 0.862. The van der Waals surface area contributed by atoms with Crippen molar-refractivity contribution >= 4 is 28.8 Å². The van der Waals surface area contributed by atoms with Crippen LogP contribution >= 0.6 is 0 Å². The number of nitrogens with zero attached hydrogens (tertiary/aromatic N) is 2. The maximum absolute atomic E-state index is 14.6. The van der Waals surface area contributed by atoms with Gasteiger partial charge in [-0.25, -0.2) is 13.7 Å². The lowest BCUT2D eigenvalue weighted by Gasteiger charge is -2.21. The summed E-state index contributed by atoms with van der Waals surface area (Å²) in [4.78, 5) is 29.2. The Kier molecular flexibility index (Phi) is 6.22. The molecule has 0 unspecified atom stereocenters. The first-order valence-electron chi connectivity index (χ1n) is 10.5. The summed E-state index contributed by atoms with van der Waals surface area (Å²) in [5, 5.41) is 0. The average Bonchev–Trinajstić information content (AvgIpc) is 3.09. The molecule has 1 heterocycles. The number of hydrogen-bond acceptors (Lipinski definition) is 4. The fourth-order valence-corrected chi connectivity index (χ4v) is 3.68. The number of benzene rings is 3. The van der Waals surface area contributed by atoms with E-state index in [1.165, 1.54) is 0 Å². The van der Waals surface area contributed by atoms with Crippen LogP contribution in [0.3, 0.4) is 0 Å². The van der Waals surface area contributed by atoms with E-state index in [4.69, 9.17) is 4.74 Å². The third kappa shape index (κ3) is 4.22. The van der Waals surface area contributed by atoms with Gasteiger partial charge in [-0.2, -0.15) is 0 Å². The molecule has 0 bridgehead atoms. The molecule has 168 valence electrons. The van der Waals surface area contributed by atoms with E-state index in [1.807, 2.05) is 13.0 Å². The standard InChI is InChI=1S/C26H22F2N2O3/c1-3-15-33-20-12-9-17(10-13-20)23-24(29(2)19-7-5-4-6-8-19)26(32)30(25(23)31)22-16-18(27)11-14-21(22)28/h4-14,16H,3,15H2,1-2H3. The predicted octanol–water partition coefficient (Wildman–Crippen LogP) is 5.17. The maximum Gasteiger partial charge on any atom is 0.282 e. The highest BCUT2D eigenvalue weighted by molar-refractivity contribution is 6.46. The summed E-state index contributed by atoms with van der Waals surface area (Å²) in [6, 6.07) is 18.5. The van der Waals surface area contributed by atoms with E-state index in [2.05, 4.69) is 0 Å². The van der Waals surface area contributed by atoms with E-state index in [9.17, 15) is 18.4 Å². The molecule has 0 spiro atoms. The van der Waals surface area contributed by atoms with Gasteiger partial charge >= 0.3 is 0 Å². The van der Waals surface area contributed by atoms with E-state index < -0.39 is 29.1 Å². The van der Waals surface area contributed by atoms with Crippen LogP contribution in [0.2, 0.25) is 0 Å². The maximum atomic E-state index is 14.6. The minimum absolute atomic E-state index is 0.0667. The molecule has 0 fully saturated rings. The van der Waals surface area contributed by atoms with Crippen LogP contribution < -0.4 is 14.5 Å². The van der Waals surface area contributed by atoms with Crippen molar-refractivity contribution < 1.29 is 23.1 Å². The Morgan fingerprint density at radius 2 is 1.61 bits per heavy atom. The number of rotatable bonds is 7. The Bertz CT molecular complexity index is 1220. The highest BCUT2D eigenvalue weighted by Crippen LogP contribution is 2.37. The molecule has 4 rings (SSSR count). The number of carbonyl (C=O) groups is 2. The Balaban J connectivity index is 1.83. The van der Waals surface area contributed by atoms with Gasteiger partial charge in [0.2, 0.25) is 0 Å². The second-order valence-electron chi connectivity index (χ2n) is 7.53. The van der Waals surface area contributed by atoms with Gasteiger partial charge in [0.05, 0.1) is 17.9 Å². The van der Waals surface area contributed by atoms with Crippen LogP contribution in [-0.2, 0) is 9.59 Å². The number of hydrogen-bond donors (Lipinski definition) is 0. The molecule has 33 heavy (non-hydrogen) atoms. The molecule has 0 N–H and O–H groups in total. The number of halogens is 2. The van der Waals surface area contributed by atoms with Crippen LogP contribution in [0.25, 0.3) is 5.57 Å². The number of anilines is 2. The van der Waals surface area contributed by atoms with Crippen molar-refractivity contribution in [2.45, 2.75) is 13.3 Å². The van der Waals surface area contributed by atoms with Crippen molar-refractivity contribution in [3.05, 3.63) is 95.7 Å². The lowest BCUT2D eigenvalue weighted by molar-refractivity contribution is -0.120. The molecule has 7 heteroatoms. The molecule has 5 nitrogen and oxygen atoms in total. The first kappa shape index (κ1) is 22.2. The fraction of sp³-hybridized carbons (Fsp3) is 0.154. The van der Waals surface area contributed by atoms with E-state index in [-0.39, 0.29) is 11.3 Å². The molecule has 3 aromatic carbocycles. The molecule has 0 radical (unpaired) electrons. The van der Waals surface area contributed by atoms with Gasteiger partial charge in [-0.1, -0.05) is 37.3 Å². The van der Waals surface area contributed by atoms with E-state index >= 15 is 0 Å². The zero-order valence-corrected chi connectivity index (χ0v) is 18.2. The van der Waals surface area contributed by atoms with Crippen molar-refractivity contribution in [2.75, 3.05) is 23.5 Å². The molecular formula is C26H22F2N2O3. The molecule has 0 saturated heterocycles. The Hall–Kier alpha value is -4.00. The van der Waals surface area contributed by atoms with Gasteiger partial charge in [0, 0.05) is 18.8 Å². The second-order valence-corrected chi connectivity index (χ2v) is 7.53. The molecule has 0 aliphatic carbocycles. The number of para-hydroxylation sites is 1. The van der Waals surface area contributed by atoms with Gasteiger partial charge in [-0.15, -0.1) is 0 Å². The fourth-order valence-electron chi connectivity index (χ4n) is 3.68. The third-order valence-corrected chi connectivity index (χ3v) is 5.30. The molecule has 1 aliphatic rings. The van der Waals surface area contributed by atoms with Gasteiger partial charge in [-0.3, -0.25) is 9.59 Å². The van der Waals surface area contributed by atoms with Crippen LogP contribution in [0.4, 0.5) is 20.2 Å². The topological polar surface area (TPSA) is 49.9 Å². The minimum atomic E-state index is -0.871. The lowest BCUT2D eigenvalue weighted by atomic mass is 10.0. The molecule has 0 aromatic heterocycles. The van der Waals surface area contributed by atoms with Gasteiger partial charge in [0.15, 0.2) is 0 Å². The number of carbonyl (C=O) groups excluding carboxylic acids is 2. The van der Waals surface area contributed by atoms with Gasteiger partial charge in [-0.05, 0) is 48.4 Å². The highest BCUT2D eigenvalue weighted by atomic mass is 19.1. The quantitative estimate of drug-likeness (QED) is 0.468.